The number of hydrogen-bond donors (Lipinski definition) is 2. The fourth-order valence-electron chi connectivity index (χ4n) is 1.36. The smallest absolute Gasteiger partial charge is 0.0694 e. The van der Waals surface area contributed by atoms with E-state index in [4.69, 9.17) is 22.2 Å². The Bertz CT molecular complexity index is 317. The number of ether oxygens (including phenoxy) is 1. The topological polar surface area (TPSA) is 47.3 Å². The molecule has 15 heavy (non-hydrogen) atoms. The van der Waals surface area contributed by atoms with Gasteiger partial charge in [-0.1, -0.05) is 23.7 Å². The van der Waals surface area contributed by atoms with Crippen LogP contribution in [0.15, 0.2) is 18.2 Å². The molecule has 0 aliphatic carbocycles. The van der Waals surface area contributed by atoms with Crippen LogP contribution in [0.4, 0.5) is 0 Å². The van der Waals surface area contributed by atoms with Gasteiger partial charge in [0.1, 0.15) is 0 Å². The minimum absolute atomic E-state index is 0.0147. The molecule has 1 atom stereocenters. The fourth-order valence-corrected chi connectivity index (χ4v) is 1.48. The standard InChI is InChI=1S/C11H17ClN2O/c1-3-15-7-11(14-13)9-4-5-10(12)8(2)6-9/h4-6,11,14H,3,7,13H2,1-2H3. The molecular formula is C11H17ClN2O. The Morgan fingerprint density at radius 3 is 2.80 bits per heavy atom. The second-order valence-corrected chi connectivity index (χ2v) is 3.79. The fraction of sp³-hybridized carbons (Fsp3) is 0.455. The molecule has 0 aliphatic rings. The number of nitrogens with one attached hydrogen (secondary N) is 1. The summed E-state index contributed by atoms with van der Waals surface area (Å²) in [4.78, 5) is 0. The van der Waals surface area contributed by atoms with E-state index in [0.29, 0.717) is 13.2 Å². The summed E-state index contributed by atoms with van der Waals surface area (Å²) in [5.74, 6) is 5.47. The lowest BCUT2D eigenvalue weighted by Crippen LogP contribution is -2.31. The van der Waals surface area contributed by atoms with E-state index in [1.807, 2.05) is 32.0 Å². The first-order valence-corrected chi connectivity index (χ1v) is 5.36. The van der Waals surface area contributed by atoms with Gasteiger partial charge in [-0.15, -0.1) is 0 Å². The van der Waals surface area contributed by atoms with Crippen LogP contribution < -0.4 is 11.3 Å². The summed E-state index contributed by atoms with van der Waals surface area (Å²) < 4.78 is 5.34. The van der Waals surface area contributed by atoms with E-state index in [0.717, 1.165) is 16.1 Å². The maximum Gasteiger partial charge on any atom is 0.0694 e. The Balaban J connectivity index is 2.78. The Kier molecular flexibility index (Phi) is 5.05. The normalized spacial score (nSPS) is 12.8. The zero-order valence-corrected chi connectivity index (χ0v) is 9.84. The predicted octanol–water partition coefficient (Wildman–Crippen LogP) is 2.19. The van der Waals surface area contributed by atoms with Crippen molar-refractivity contribution in [2.24, 2.45) is 5.84 Å². The molecule has 3 nitrogen and oxygen atoms in total. The van der Waals surface area contributed by atoms with Crippen molar-refractivity contribution in [3.63, 3.8) is 0 Å². The molecule has 3 N–H and O–H groups in total. The van der Waals surface area contributed by atoms with E-state index in [1.54, 1.807) is 0 Å². The number of rotatable bonds is 5. The van der Waals surface area contributed by atoms with E-state index < -0.39 is 0 Å². The number of halogens is 1. The van der Waals surface area contributed by atoms with Crippen molar-refractivity contribution in [1.29, 1.82) is 0 Å². The zero-order chi connectivity index (χ0) is 11.3. The summed E-state index contributed by atoms with van der Waals surface area (Å²) in [6.07, 6.45) is 0. The van der Waals surface area contributed by atoms with Crippen molar-refractivity contribution < 1.29 is 4.74 Å². The molecule has 4 heteroatoms. The monoisotopic (exact) mass is 228 g/mol. The summed E-state index contributed by atoms with van der Waals surface area (Å²) in [7, 11) is 0. The van der Waals surface area contributed by atoms with Crippen molar-refractivity contribution >= 4 is 11.6 Å². The highest BCUT2D eigenvalue weighted by Crippen LogP contribution is 2.20. The molecule has 1 aromatic carbocycles. The van der Waals surface area contributed by atoms with Crippen LogP contribution in [0.1, 0.15) is 24.1 Å². The molecule has 0 amide bonds. The molecule has 0 fully saturated rings. The molecule has 0 aliphatic heterocycles. The van der Waals surface area contributed by atoms with Gasteiger partial charge < -0.3 is 4.74 Å². The molecule has 1 aromatic rings. The Labute approximate surface area is 95.5 Å². The van der Waals surface area contributed by atoms with E-state index in [9.17, 15) is 0 Å². The maximum atomic E-state index is 5.95. The maximum absolute atomic E-state index is 5.95. The molecule has 0 bridgehead atoms. The van der Waals surface area contributed by atoms with E-state index >= 15 is 0 Å². The van der Waals surface area contributed by atoms with Crippen LogP contribution in [0.5, 0.6) is 0 Å². The Hall–Kier alpha value is -0.610. The van der Waals surface area contributed by atoms with E-state index in [2.05, 4.69) is 5.43 Å². The summed E-state index contributed by atoms with van der Waals surface area (Å²) in [5, 5.41) is 0.769. The first-order chi connectivity index (χ1) is 7.19. The second kappa shape index (κ2) is 6.08. The quantitative estimate of drug-likeness (QED) is 0.600. The lowest BCUT2D eigenvalue weighted by atomic mass is 10.1. The summed E-state index contributed by atoms with van der Waals surface area (Å²) >= 11 is 5.95. The highest BCUT2D eigenvalue weighted by atomic mass is 35.5. The largest absolute Gasteiger partial charge is 0.380 e. The van der Waals surface area contributed by atoms with Crippen LogP contribution in [0.2, 0.25) is 5.02 Å². The van der Waals surface area contributed by atoms with Crippen LogP contribution in [-0.2, 0) is 4.74 Å². The van der Waals surface area contributed by atoms with Gasteiger partial charge in [0.2, 0.25) is 0 Å². The number of nitrogens with two attached hydrogens (primary N) is 1. The van der Waals surface area contributed by atoms with Crippen molar-refractivity contribution in [2.45, 2.75) is 19.9 Å². The highest BCUT2D eigenvalue weighted by Gasteiger charge is 2.10. The van der Waals surface area contributed by atoms with Gasteiger partial charge in [-0.25, -0.2) is 0 Å². The average Bonchev–Trinajstić information content (AvgIpc) is 2.24. The number of hydrogen-bond acceptors (Lipinski definition) is 3. The summed E-state index contributed by atoms with van der Waals surface area (Å²) in [6.45, 7) is 5.18. The molecule has 1 rings (SSSR count). The van der Waals surface area contributed by atoms with Gasteiger partial charge in [-0.05, 0) is 31.0 Å². The minimum atomic E-state index is 0.0147. The Morgan fingerprint density at radius 2 is 2.27 bits per heavy atom. The minimum Gasteiger partial charge on any atom is -0.380 e. The molecule has 1 unspecified atom stereocenters. The third-order valence-corrected chi connectivity index (χ3v) is 2.70. The van der Waals surface area contributed by atoms with E-state index in [-0.39, 0.29) is 6.04 Å². The van der Waals surface area contributed by atoms with Gasteiger partial charge in [-0.3, -0.25) is 11.3 Å². The molecule has 0 aromatic heterocycles. The van der Waals surface area contributed by atoms with Gasteiger partial charge in [-0.2, -0.15) is 0 Å². The number of aryl methyl sites for hydroxylation is 1. The van der Waals surface area contributed by atoms with Gasteiger partial charge in [0.25, 0.3) is 0 Å². The molecular weight excluding hydrogens is 212 g/mol. The van der Waals surface area contributed by atoms with Crippen LogP contribution >= 0.6 is 11.6 Å². The Morgan fingerprint density at radius 1 is 1.53 bits per heavy atom. The van der Waals surface area contributed by atoms with Gasteiger partial charge >= 0.3 is 0 Å². The molecule has 84 valence electrons. The van der Waals surface area contributed by atoms with E-state index in [1.165, 1.54) is 0 Å². The van der Waals surface area contributed by atoms with Crippen LogP contribution in [0.25, 0.3) is 0 Å². The number of hydrazine groups is 1. The zero-order valence-electron chi connectivity index (χ0n) is 9.09. The first kappa shape index (κ1) is 12.5. The van der Waals surface area contributed by atoms with Gasteiger partial charge in [0, 0.05) is 11.6 Å². The third-order valence-electron chi connectivity index (χ3n) is 2.27. The third kappa shape index (κ3) is 3.47. The molecule has 0 radical (unpaired) electrons. The average molecular weight is 229 g/mol. The highest BCUT2D eigenvalue weighted by molar-refractivity contribution is 6.31. The molecule has 0 saturated heterocycles. The van der Waals surface area contributed by atoms with Crippen molar-refractivity contribution in [2.75, 3.05) is 13.2 Å². The van der Waals surface area contributed by atoms with Crippen molar-refractivity contribution in [3.8, 4) is 0 Å². The molecule has 0 saturated carbocycles. The van der Waals surface area contributed by atoms with Gasteiger partial charge in [0.05, 0.1) is 12.6 Å². The molecule has 0 heterocycles. The summed E-state index contributed by atoms with van der Waals surface area (Å²) in [6, 6.07) is 5.87. The summed E-state index contributed by atoms with van der Waals surface area (Å²) in [5.41, 5.74) is 4.87. The van der Waals surface area contributed by atoms with Crippen molar-refractivity contribution in [1.82, 2.24) is 5.43 Å². The lowest BCUT2D eigenvalue weighted by Gasteiger charge is -2.16. The van der Waals surface area contributed by atoms with Crippen LogP contribution in [-0.4, -0.2) is 13.2 Å². The first-order valence-electron chi connectivity index (χ1n) is 4.99. The van der Waals surface area contributed by atoms with Crippen molar-refractivity contribution in [3.05, 3.63) is 34.3 Å². The number of benzene rings is 1. The SMILES string of the molecule is CCOCC(NN)c1ccc(Cl)c(C)c1. The predicted molar refractivity (Wildman–Crippen MR) is 62.7 cm³/mol. The van der Waals surface area contributed by atoms with Crippen LogP contribution in [0.3, 0.4) is 0 Å². The van der Waals surface area contributed by atoms with Gasteiger partial charge in [0.15, 0.2) is 0 Å². The molecule has 0 spiro atoms. The lowest BCUT2D eigenvalue weighted by molar-refractivity contribution is 0.123. The van der Waals surface area contributed by atoms with Crippen LogP contribution in [0, 0.1) is 6.92 Å². The second-order valence-electron chi connectivity index (χ2n) is 3.39.